The highest BCUT2D eigenvalue weighted by Gasteiger charge is 2.18. The highest BCUT2D eigenvalue weighted by molar-refractivity contribution is 6.00. The fourth-order valence-corrected chi connectivity index (χ4v) is 3.31. The molecule has 1 amide bonds. The summed E-state index contributed by atoms with van der Waals surface area (Å²) in [5.41, 5.74) is 1.44. The predicted octanol–water partition coefficient (Wildman–Crippen LogP) is 3.44. The average molecular weight is 368 g/mol. The predicted molar refractivity (Wildman–Crippen MR) is 98.5 cm³/mol. The second-order valence-electron chi connectivity index (χ2n) is 6.54. The van der Waals surface area contributed by atoms with Gasteiger partial charge in [-0.2, -0.15) is 0 Å². The van der Waals surface area contributed by atoms with E-state index in [2.05, 4.69) is 20.2 Å². The molecule has 0 radical (unpaired) electrons. The maximum Gasteiger partial charge on any atom is 0.251 e. The van der Waals surface area contributed by atoms with Crippen molar-refractivity contribution in [3.05, 3.63) is 65.5 Å². The van der Waals surface area contributed by atoms with E-state index < -0.39 is 11.6 Å². The first-order chi connectivity index (χ1) is 13.1. The van der Waals surface area contributed by atoms with Gasteiger partial charge in [0.25, 0.3) is 5.91 Å². The molecule has 0 saturated carbocycles. The molecule has 0 bridgehead atoms. The molecule has 7 heteroatoms. The third-order valence-corrected chi connectivity index (χ3v) is 4.74. The van der Waals surface area contributed by atoms with E-state index >= 15 is 0 Å². The molecule has 1 aromatic heterocycles. The number of amides is 1. The molecule has 2 aromatic carbocycles. The molecule has 0 atom stereocenters. The molecule has 1 N–H and O–H groups in total. The van der Waals surface area contributed by atoms with E-state index in [1.54, 1.807) is 18.2 Å². The van der Waals surface area contributed by atoms with E-state index in [0.717, 1.165) is 48.7 Å². The summed E-state index contributed by atoms with van der Waals surface area (Å²) in [5.74, 6) is -0.835. The Kier molecular flexibility index (Phi) is 4.66. The molecule has 2 heterocycles. The SMILES string of the molecule is O=C(NCc1ccc(F)cc1F)c1ccc2ncnc(N3CCCC3)c2c1. The number of hydrogen-bond donors (Lipinski definition) is 1. The normalized spacial score (nSPS) is 13.9. The molecule has 27 heavy (non-hydrogen) atoms. The van der Waals surface area contributed by atoms with Crippen molar-refractivity contribution in [3.63, 3.8) is 0 Å². The van der Waals surface area contributed by atoms with Crippen LogP contribution in [0.5, 0.6) is 0 Å². The summed E-state index contributed by atoms with van der Waals surface area (Å²) in [6.45, 7) is 1.85. The molecule has 0 spiro atoms. The van der Waals surface area contributed by atoms with Crippen molar-refractivity contribution in [1.82, 2.24) is 15.3 Å². The van der Waals surface area contributed by atoms with Gasteiger partial charge in [-0.3, -0.25) is 4.79 Å². The van der Waals surface area contributed by atoms with Gasteiger partial charge in [0.05, 0.1) is 5.52 Å². The second kappa shape index (κ2) is 7.26. The lowest BCUT2D eigenvalue weighted by molar-refractivity contribution is 0.0950. The fourth-order valence-electron chi connectivity index (χ4n) is 3.31. The van der Waals surface area contributed by atoms with Crippen LogP contribution in [0, 0.1) is 11.6 Å². The fraction of sp³-hybridized carbons (Fsp3) is 0.250. The van der Waals surface area contributed by atoms with Gasteiger partial charge in [0.2, 0.25) is 0 Å². The number of aromatic nitrogens is 2. The molecular weight excluding hydrogens is 350 g/mol. The lowest BCUT2D eigenvalue weighted by Crippen LogP contribution is -2.23. The summed E-state index contributed by atoms with van der Waals surface area (Å²) >= 11 is 0. The first-order valence-corrected chi connectivity index (χ1v) is 8.83. The summed E-state index contributed by atoms with van der Waals surface area (Å²) in [4.78, 5) is 23.4. The molecule has 138 valence electrons. The van der Waals surface area contributed by atoms with Crippen molar-refractivity contribution in [2.75, 3.05) is 18.0 Å². The van der Waals surface area contributed by atoms with Crippen LogP contribution in [0.4, 0.5) is 14.6 Å². The number of rotatable bonds is 4. The Morgan fingerprint density at radius 3 is 2.67 bits per heavy atom. The summed E-state index contributed by atoms with van der Waals surface area (Å²) in [6, 6.07) is 8.52. The Balaban J connectivity index is 1.57. The van der Waals surface area contributed by atoms with Gasteiger partial charge in [-0.1, -0.05) is 6.07 Å². The minimum atomic E-state index is -0.682. The van der Waals surface area contributed by atoms with Crippen LogP contribution in [0.25, 0.3) is 10.9 Å². The summed E-state index contributed by atoms with van der Waals surface area (Å²) in [5, 5.41) is 3.49. The number of carbonyl (C=O) groups is 1. The highest BCUT2D eigenvalue weighted by atomic mass is 19.1. The van der Waals surface area contributed by atoms with Crippen LogP contribution in [0.3, 0.4) is 0 Å². The summed E-state index contributed by atoms with van der Waals surface area (Å²) in [7, 11) is 0. The summed E-state index contributed by atoms with van der Waals surface area (Å²) < 4.78 is 26.7. The molecular formula is C20H18F2N4O. The van der Waals surface area contributed by atoms with Gasteiger partial charge in [0.15, 0.2) is 0 Å². The standard InChI is InChI=1S/C20H18F2N4O/c21-15-5-3-14(17(22)10-15)11-23-20(27)13-4-6-18-16(9-13)19(25-12-24-18)26-7-1-2-8-26/h3-6,9-10,12H,1-2,7-8,11H2,(H,23,27). The van der Waals surface area contributed by atoms with Gasteiger partial charge < -0.3 is 10.2 Å². The van der Waals surface area contributed by atoms with E-state index in [1.807, 2.05) is 0 Å². The van der Waals surface area contributed by atoms with Crippen LogP contribution in [0.1, 0.15) is 28.8 Å². The van der Waals surface area contributed by atoms with Crippen LogP contribution < -0.4 is 10.2 Å². The molecule has 5 nitrogen and oxygen atoms in total. The number of halogens is 2. The molecule has 1 aliphatic heterocycles. The Morgan fingerprint density at radius 1 is 1.07 bits per heavy atom. The number of benzene rings is 2. The van der Waals surface area contributed by atoms with E-state index in [0.29, 0.717) is 5.56 Å². The van der Waals surface area contributed by atoms with Gasteiger partial charge in [0.1, 0.15) is 23.8 Å². The number of fused-ring (bicyclic) bond motifs is 1. The van der Waals surface area contributed by atoms with Crippen molar-refractivity contribution < 1.29 is 13.6 Å². The molecule has 0 aliphatic carbocycles. The van der Waals surface area contributed by atoms with Crippen LogP contribution >= 0.6 is 0 Å². The number of anilines is 1. The molecule has 4 rings (SSSR count). The van der Waals surface area contributed by atoms with Gasteiger partial charge in [-0.15, -0.1) is 0 Å². The van der Waals surface area contributed by atoms with E-state index in [9.17, 15) is 13.6 Å². The maximum absolute atomic E-state index is 13.7. The van der Waals surface area contributed by atoms with Gasteiger partial charge in [-0.05, 0) is 37.1 Å². The maximum atomic E-state index is 13.7. The van der Waals surface area contributed by atoms with Gasteiger partial charge in [-0.25, -0.2) is 18.7 Å². The molecule has 1 aliphatic rings. The Labute approximate surface area is 155 Å². The third kappa shape index (κ3) is 3.58. The van der Waals surface area contributed by atoms with Crippen molar-refractivity contribution in [2.45, 2.75) is 19.4 Å². The number of nitrogens with zero attached hydrogens (tertiary/aromatic N) is 3. The number of hydrogen-bond acceptors (Lipinski definition) is 4. The third-order valence-electron chi connectivity index (χ3n) is 4.74. The second-order valence-corrected chi connectivity index (χ2v) is 6.54. The van der Waals surface area contributed by atoms with Crippen LogP contribution in [0.15, 0.2) is 42.7 Å². The van der Waals surface area contributed by atoms with E-state index in [4.69, 9.17) is 0 Å². The highest BCUT2D eigenvalue weighted by Crippen LogP contribution is 2.26. The van der Waals surface area contributed by atoms with E-state index in [-0.39, 0.29) is 18.0 Å². The first kappa shape index (κ1) is 17.3. The Morgan fingerprint density at radius 2 is 1.89 bits per heavy atom. The van der Waals surface area contributed by atoms with Crippen LogP contribution in [-0.2, 0) is 6.54 Å². The van der Waals surface area contributed by atoms with Crippen LogP contribution in [-0.4, -0.2) is 29.0 Å². The summed E-state index contributed by atoms with van der Waals surface area (Å²) in [6.07, 6.45) is 3.77. The molecule has 3 aromatic rings. The van der Waals surface area contributed by atoms with Crippen molar-refractivity contribution >= 4 is 22.6 Å². The first-order valence-electron chi connectivity index (χ1n) is 8.83. The van der Waals surface area contributed by atoms with Crippen molar-refractivity contribution in [2.24, 2.45) is 0 Å². The van der Waals surface area contributed by atoms with Gasteiger partial charge in [0, 0.05) is 42.2 Å². The molecule has 1 fully saturated rings. The zero-order valence-electron chi connectivity index (χ0n) is 14.6. The Hall–Kier alpha value is -3.09. The average Bonchev–Trinajstić information content (AvgIpc) is 3.20. The smallest absolute Gasteiger partial charge is 0.251 e. The quantitative estimate of drug-likeness (QED) is 0.766. The molecule has 0 unspecified atom stereocenters. The zero-order chi connectivity index (χ0) is 18.8. The van der Waals surface area contributed by atoms with Gasteiger partial charge >= 0.3 is 0 Å². The van der Waals surface area contributed by atoms with E-state index in [1.165, 1.54) is 18.5 Å². The lowest BCUT2D eigenvalue weighted by atomic mass is 10.1. The topological polar surface area (TPSA) is 58.1 Å². The van der Waals surface area contributed by atoms with Crippen molar-refractivity contribution in [1.29, 1.82) is 0 Å². The minimum Gasteiger partial charge on any atom is -0.356 e. The number of carbonyl (C=O) groups excluding carboxylic acids is 1. The zero-order valence-corrected chi connectivity index (χ0v) is 14.6. The Bertz CT molecular complexity index is 1000. The lowest BCUT2D eigenvalue weighted by Gasteiger charge is -2.18. The molecule has 1 saturated heterocycles. The van der Waals surface area contributed by atoms with Crippen molar-refractivity contribution in [3.8, 4) is 0 Å². The van der Waals surface area contributed by atoms with Crippen LogP contribution in [0.2, 0.25) is 0 Å². The minimum absolute atomic E-state index is 0.0206. The monoisotopic (exact) mass is 368 g/mol. The number of nitrogens with one attached hydrogen (secondary N) is 1. The largest absolute Gasteiger partial charge is 0.356 e.